The molecule has 0 aromatic rings. The highest BCUT2D eigenvalue weighted by molar-refractivity contribution is 4.69. The topological polar surface area (TPSA) is 55.2 Å². The minimum absolute atomic E-state index is 0.522. The molecule has 0 bridgehead atoms. The van der Waals surface area contributed by atoms with Crippen molar-refractivity contribution in [3.8, 4) is 0 Å². The van der Waals surface area contributed by atoms with Crippen molar-refractivity contribution in [3.63, 3.8) is 0 Å². The number of rotatable bonds is 3. The number of hydrogen-bond donors (Lipinski definition) is 0. The van der Waals surface area contributed by atoms with Gasteiger partial charge in [-0.25, -0.2) is 0 Å². The van der Waals surface area contributed by atoms with Crippen molar-refractivity contribution >= 4 is 0 Å². The average Bonchev–Trinajstić information content (AvgIpc) is 2.15. The van der Waals surface area contributed by atoms with Crippen molar-refractivity contribution in [2.45, 2.75) is 6.92 Å². The van der Waals surface area contributed by atoms with Gasteiger partial charge in [-0.2, -0.15) is 0 Å². The maximum atomic E-state index is 8.12. The summed E-state index contributed by atoms with van der Waals surface area (Å²) in [6.07, 6.45) is 0. The van der Waals surface area contributed by atoms with E-state index < -0.39 is 0 Å². The molecule has 0 amide bonds. The monoisotopic (exact) mass is 169 g/mol. The van der Waals surface area contributed by atoms with Crippen molar-refractivity contribution in [1.82, 2.24) is 9.80 Å². The van der Waals surface area contributed by atoms with Crippen molar-refractivity contribution in [2.24, 2.45) is 5.11 Å². The summed E-state index contributed by atoms with van der Waals surface area (Å²) < 4.78 is 0. The van der Waals surface area contributed by atoms with Gasteiger partial charge in [0.05, 0.1) is 6.67 Å². The van der Waals surface area contributed by atoms with Gasteiger partial charge in [-0.05, 0) is 12.1 Å². The van der Waals surface area contributed by atoms with Crippen LogP contribution in [0.2, 0.25) is 0 Å². The summed E-state index contributed by atoms with van der Waals surface area (Å²) in [5, 5.41) is 3.53. The normalized spacial score (nSPS) is 20.4. The molecule has 1 aliphatic rings. The molecule has 5 heteroatoms. The summed E-state index contributed by atoms with van der Waals surface area (Å²) in [6, 6.07) is 0. The summed E-state index contributed by atoms with van der Waals surface area (Å²) >= 11 is 0. The molecule has 68 valence electrons. The van der Waals surface area contributed by atoms with Crippen LogP contribution in [0.15, 0.2) is 5.11 Å². The van der Waals surface area contributed by atoms with Gasteiger partial charge < -0.3 is 4.90 Å². The van der Waals surface area contributed by atoms with Gasteiger partial charge in [0.1, 0.15) is 0 Å². The van der Waals surface area contributed by atoms with E-state index in [0.717, 1.165) is 32.7 Å². The van der Waals surface area contributed by atoms with E-state index in [1.54, 1.807) is 0 Å². The summed E-state index contributed by atoms with van der Waals surface area (Å²) in [4.78, 5) is 7.31. The third-order valence-corrected chi connectivity index (χ3v) is 2.24. The first kappa shape index (κ1) is 9.32. The van der Waals surface area contributed by atoms with Gasteiger partial charge in [0.15, 0.2) is 0 Å². The molecule has 1 heterocycles. The molecule has 0 atom stereocenters. The molecule has 0 spiro atoms. The molecule has 0 N–H and O–H groups in total. The van der Waals surface area contributed by atoms with Crippen molar-refractivity contribution in [1.29, 1.82) is 0 Å². The zero-order valence-corrected chi connectivity index (χ0v) is 7.48. The van der Waals surface area contributed by atoms with E-state index in [1.807, 2.05) is 0 Å². The van der Waals surface area contributed by atoms with E-state index in [2.05, 4.69) is 26.7 Å². The first-order chi connectivity index (χ1) is 5.86. The Morgan fingerprint density at radius 2 is 1.83 bits per heavy atom. The Hall–Kier alpha value is -0.770. The Morgan fingerprint density at radius 3 is 2.33 bits per heavy atom. The number of piperazine rings is 1. The Kier molecular flexibility index (Phi) is 3.87. The molecule has 1 saturated heterocycles. The fourth-order valence-electron chi connectivity index (χ4n) is 1.36. The lowest BCUT2D eigenvalue weighted by atomic mass is 10.3. The van der Waals surface area contributed by atoms with E-state index in [1.165, 1.54) is 0 Å². The van der Waals surface area contributed by atoms with E-state index in [-0.39, 0.29) is 0 Å². The van der Waals surface area contributed by atoms with E-state index >= 15 is 0 Å². The molecule has 12 heavy (non-hydrogen) atoms. The molecule has 0 aromatic heterocycles. The van der Waals surface area contributed by atoms with E-state index in [0.29, 0.717) is 6.67 Å². The fraction of sp³-hybridized carbons (Fsp3) is 1.00. The van der Waals surface area contributed by atoms with Crippen LogP contribution in [0.25, 0.3) is 10.4 Å². The lowest BCUT2D eigenvalue weighted by Crippen LogP contribution is -2.45. The van der Waals surface area contributed by atoms with Crippen molar-refractivity contribution < 1.29 is 0 Å². The minimum atomic E-state index is 0.522. The molecule has 1 rings (SSSR count). The van der Waals surface area contributed by atoms with Crippen LogP contribution < -0.4 is 0 Å². The Bertz CT molecular complexity index is 167. The quantitative estimate of drug-likeness (QED) is 0.358. The molecule has 0 aliphatic carbocycles. The van der Waals surface area contributed by atoms with Gasteiger partial charge in [0.2, 0.25) is 0 Å². The standard InChI is InChI=1S/C7H15N5/c1-2-11-3-5-12(6-4-11)7-9-10-8/h2-7H2,1H3. The van der Waals surface area contributed by atoms with Crippen LogP contribution in [0.3, 0.4) is 0 Å². The second-order valence-corrected chi connectivity index (χ2v) is 2.92. The number of nitrogens with zero attached hydrogens (tertiary/aromatic N) is 5. The Balaban J connectivity index is 2.21. The molecule has 0 saturated carbocycles. The summed E-state index contributed by atoms with van der Waals surface area (Å²) in [6.45, 7) is 8.04. The molecule has 0 aromatic carbocycles. The highest BCUT2D eigenvalue weighted by atomic mass is 15.3. The first-order valence-corrected chi connectivity index (χ1v) is 4.32. The van der Waals surface area contributed by atoms with Crippen molar-refractivity contribution in [2.75, 3.05) is 39.4 Å². The maximum Gasteiger partial charge on any atom is 0.0774 e. The summed E-state index contributed by atoms with van der Waals surface area (Å²) in [5.41, 5.74) is 8.12. The van der Waals surface area contributed by atoms with Gasteiger partial charge in [-0.15, -0.1) is 0 Å². The molecule has 0 unspecified atom stereocenters. The Labute approximate surface area is 72.6 Å². The van der Waals surface area contributed by atoms with Gasteiger partial charge in [-0.1, -0.05) is 12.0 Å². The predicted molar refractivity (Wildman–Crippen MR) is 47.7 cm³/mol. The zero-order valence-electron chi connectivity index (χ0n) is 7.48. The minimum Gasteiger partial charge on any atom is -0.301 e. The second kappa shape index (κ2) is 4.98. The number of likely N-dealkylation sites (N-methyl/N-ethyl adjacent to an activating group) is 1. The lowest BCUT2D eigenvalue weighted by molar-refractivity contribution is 0.140. The second-order valence-electron chi connectivity index (χ2n) is 2.92. The third kappa shape index (κ3) is 2.70. The van der Waals surface area contributed by atoms with Gasteiger partial charge in [0, 0.05) is 31.1 Å². The lowest BCUT2D eigenvalue weighted by Gasteiger charge is -2.32. The maximum absolute atomic E-state index is 8.12. The zero-order chi connectivity index (χ0) is 8.81. The third-order valence-electron chi connectivity index (χ3n) is 2.24. The van der Waals surface area contributed by atoms with Crippen LogP contribution in [0.4, 0.5) is 0 Å². The average molecular weight is 169 g/mol. The first-order valence-electron chi connectivity index (χ1n) is 4.32. The Morgan fingerprint density at radius 1 is 1.25 bits per heavy atom. The number of hydrogen-bond acceptors (Lipinski definition) is 3. The molecule has 1 fully saturated rings. The largest absolute Gasteiger partial charge is 0.301 e. The molecule has 1 aliphatic heterocycles. The highest BCUT2D eigenvalue weighted by Crippen LogP contribution is 2.00. The molecule has 5 nitrogen and oxygen atoms in total. The fourth-order valence-corrected chi connectivity index (χ4v) is 1.36. The van der Waals surface area contributed by atoms with Gasteiger partial charge in [0.25, 0.3) is 0 Å². The van der Waals surface area contributed by atoms with E-state index in [4.69, 9.17) is 5.53 Å². The van der Waals surface area contributed by atoms with Crippen molar-refractivity contribution in [3.05, 3.63) is 10.4 Å². The predicted octanol–water partition coefficient (Wildman–Crippen LogP) is 0.892. The highest BCUT2D eigenvalue weighted by Gasteiger charge is 2.13. The molecular weight excluding hydrogens is 154 g/mol. The van der Waals surface area contributed by atoms with Gasteiger partial charge >= 0.3 is 0 Å². The van der Waals surface area contributed by atoms with Gasteiger partial charge in [-0.3, -0.25) is 4.90 Å². The van der Waals surface area contributed by atoms with Crippen LogP contribution in [-0.4, -0.2) is 49.2 Å². The van der Waals surface area contributed by atoms with Crippen LogP contribution in [0, 0.1) is 0 Å². The van der Waals surface area contributed by atoms with Crippen LogP contribution >= 0.6 is 0 Å². The number of azide groups is 1. The SMILES string of the molecule is CCN1CCN(CN=[N+]=[N-])CC1. The van der Waals surface area contributed by atoms with Crippen LogP contribution in [-0.2, 0) is 0 Å². The van der Waals surface area contributed by atoms with Crippen LogP contribution in [0.1, 0.15) is 6.92 Å². The summed E-state index contributed by atoms with van der Waals surface area (Å²) in [7, 11) is 0. The van der Waals surface area contributed by atoms with E-state index in [9.17, 15) is 0 Å². The molecule has 0 radical (unpaired) electrons. The smallest absolute Gasteiger partial charge is 0.0774 e. The van der Waals surface area contributed by atoms with Crippen LogP contribution in [0.5, 0.6) is 0 Å². The molecular formula is C7H15N5. The summed E-state index contributed by atoms with van der Waals surface area (Å²) in [5.74, 6) is 0.